The molecule has 0 fully saturated rings. The molecule has 32 heavy (non-hydrogen) atoms. The van der Waals surface area contributed by atoms with Crippen molar-refractivity contribution in [1.29, 1.82) is 0 Å². The van der Waals surface area contributed by atoms with Gasteiger partial charge in [0.15, 0.2) is 29.6 Å². The summed E-state index contributed by atoms with van der Waals surface area (Å²) >= 11 is 6.19. The first-order valence-electron chi connectivity index (χ1n) is 10.0. The topological polar surface area (TPSA) is 92.3 Å². The van der Waals surface area contributed by atoms with Gasteiger partial charge < -0.3 is 29.0 Å². The molecule has 0 aliphatic carbocycles. The van der Waals surface area contributed by atoms with Crippen molar-refractivity contribution in [2.75, 3.05) is 33.5 Å². The molecule has 1 aliphatic rings. The van der Waals surface area contributed by atoms with Crippen LogP contribution in [0.4, 0.5) is 0 Å². The average molecular weight is 462 g/mol. The van der Waals surface area contributed by atoms with Gasteiger partial charge in [0.1, 0.15) is 12.7 Å². The molecule has 3 rings (SSSR count). The van der Waals surface area contributed by atoms with Crippen LogP contribution in [0.5, 0.6) is 23.0 Å². The van der Waals surface area contributed by atoms with Crippen molar-refractivity contribution >= 4 is 29.6 Å². The first-order valence-corrected chi connectivity index (χ1v) is 10.4. The van der Waals surface area contributed by atoms with Crippen molar-refractivity contribution in [2.45, 2.75) is 13.0 Å². The molecule has 1 unspecified atom stereocenters. The highest BCUT2D eigenvalue weighted by molar-refractivity contribution is 6.32. The molecule has 1 amide bonds. The highest BCUT2D eigenvalue weighted by Crippen LogP contribution is 2.36. The van der Waals surface area contributed by atoms with Crippen LogP contribution in [0.3, 0.4) is 0 Å². The number of carbonyl (C=O) groups is 2. The minimum Gasteiger partial charge on any atom is -0.491 e. The van der Waals surface area contributed by atoms with Crippen molar-refractivity contribution in [2.24, 2.45) is 0 Å². The van der Waals surface area contributed by atoms with Gasteiger partial charge in [-0.3, -0.25) is 4.79 Å². The van der Waals surface area contributed by atoms with Crippen LogP contribution < -0.4 is 24.3 Å². The van der Waals surface area contributed by atoms with Gasteiger partial charge in [-0.05, 0) is 42.8 Å². The van der Waals surface area contributed by atoms with Gasteiger partial charge in [0.2, 0.25) is 0 Å². The predicted molar refractivity (Wildman–Crippen MR) is 119 cm³/mol. The maximum absolute atomic E-state index is 12.0. The Morgan fingerprint density at radius 3 is 2.78 bits per heavy atom. The molecule has 9 heteroatoms. The number of fused-ring (bicyclic) bond motifs is 1. The molecular formula is C23H24ClNO7. The summed E-state index contributed by atoms with van der Waals surface area (Å²) in [6, 6.07) is 10.6. The van der Waals surface area contributed by atoms with Gasteiger partial charge >= 0.3 is 5.97 Å². The monoisotopic (exact) mass is 461 g/mol. The smallest absolute Gasteiger partial charge is 0.331 e. The molecule has 2 aromatic rings. The Hall–Kier alpha value is -3.39. The van der Waals surface area contributed by atoms with Gasteiger partial charge in [0.05, 0.1) is 25.3 Å². The fourth-order valence-corrected chi connectivity index (χ4v) is 3.23. The average Bonchev–Trinajstić information content (AvgIpc) is 2.80. The molecule has 0 aromatic heterocycles. The number of esters is 1. The number of ether oxygens (including phenoxy) is 5. The fraction of sp³-hybridized carbons (Fsp3) is 0.304. The van der Waals surface area contributed by atoms with E-state index in [1.54, 1.807) is 18.2 Å². The molecule has 0 radical (unpaired) electrons. The van der Waals surface area contributed by atoms with Crippen molar-refractivity contribution in [3.63, 3.8) is 0 Å². The Balaban J connectivity index is 1.44. The van der Waals surface area contributed by atoms with E-state index in [1.165, 1.54) is 19.3 Å². The molecule has 8 nitrogen and oxygen atoms in total. The lowest BCUT2D eigenvalue weighted by atomic mass is 10.2. The number of rotatable bonds is 9. The summed E-state index contributed by atoms with van der Waals surface area (Å²) in [5, 5.41) is 3.01. The number of methoxy groups -OCH3 is 1. The van der Waals surface area contributed by atoms with E-state index in [9.17, 15) is 9.59 Å². The van der Waals surface area contributed by atoms with Gasteiger partial charge in [-0.1, -0.05) is 23.7 Å². The molecule has 0 saturated heterocycles. The third-order valence-electron chi connectivity index (χ3n) is 4.39. The third kappa shape index (κ3) is 6.31. The van der Waals surface area contributed by atoms with Crippen LogP contribution in [0.1, 0.15) is 12.5 Å². The molecule has 1 aliphatic heterocycles. The Morgan fingerprint density at radius 1 is 1.25 bits per heavy atom. The van der Waals surface area contributed by atoms with Crippen molar-refractivity contribution in [1.82, 2.24) is 5.32 Å². The zero-order valence-corrected chi connectivity index (χ0v) is 18.5. The summed E-state index contributed by atoms with van der Waals surface area (Å²) in [6.07, 6.45) is 2.39. The molecule has 1 heterocycles. The van der Waals surface area contributed by atoms with Crippen molar-refractivity contribution in [3.05, 3.63) is 53.1 Å². The van der Waals surface area contributed by atoms with Gasteiger partial charge in [0, 0.05) is 6.08 Å². The van der Waals surface area contributed by atoms with E-state index in [0.29, 0.717) is 46.8 Å². The number of nitrogens with one attached hydrogen (secondary N) is 1. The summed E-state index contributed by atoms with van der Waals surface area (Å²) in [7, 11) is 1.49. The van der Waals surface area contributed by atoms with E-state index in [0.717, 1.165) is 0 Å². The lowest BCUT2D eigenvalue weighted by Gasteiger charge is -2.26. The molecule has 2 aromatic carbocycles. The quantitative estimate of drug-likeness (QED) is 0.452. The molecule has 170 valence electrons. The van der Waals surface area contributed by atoms with Gasteiger partial charge in [0.25, 0.3) is 5.91 Å². The highest BCUT2D eigenvalue weighted by Gasteiger charge is 2.21. The van der Waals surface area contributed by atoms with E-state index >= 15 is 0 Å². The SMILES string of the molecule is CCOc1cc(/C=C/C(=O)OCC(=O)NCC2COc3ccccc3O2)cc(Cl)c1OC. The van der Waals surface area contributed by atoms with Crippen molar-refractivity contribution in [3.8, 4) is 23.0 Å². The maximum atomic E-state index is 12.0. The number of benzene rings is 2. The minimum atomic E-state index is -0.670. The standard InChI is InChI=1S/C23H24ClNO7/c1-3-29-20-11-15(10-17(24)23(20)28-2)8-9-22(27)31-14-21(26)25-12-16-13-30-18-6-4-5-7-19(18)32-16/h4-11,16H,3,12-14H2,1-2H3,(H,25,26)/b9-8+. The molecular weight excluding hydrogens is 438 g/mol. The van der Waals surface area contributed by atoms with Crippen LogP contribution in [-0.2, 0) is 14.3 Å². The number of amides is 1. The van der Waals surface area contributed by atoms with Gasteiger partial charge in [-0.25, -0.2) is 4.79 Å². The third-order valence-corrected chi connectivity index (χ3v) is 4.67. The minimum absolute atomic E-state index is 0.227. The molecule has 0 bridgehead atoms. The second-order valence-corrected chi connectivity index (χ2v) is 7.12. The second kappa shape index (κ2) is 11.3. The zero-order chi connectivity index (χ0) is 22.9. The molecule has 1 atom stereocenters. The zero-order valence-electron chi connectivity index (χ0n) is 17.8. The van der Waals surface area contributed by atoms with Crippen LogP contribution in [-0.4, -0.2) is 51.5 Å². The highest BCUT2D eigenvalue weighted by atomic mass is 35.5. The Bertz CT molecular complexity index is 992. The number of hydrogen-bond donors (Lipinski definition) is 1. The van der Waals surface area contributed by atoms with E-state index in [-0.39, 0.29) is 12.6 Å². The maximum Gasteiger partial charge on any atom is 0.331 e. The summed E-state index contributed by atoms with van der Waals surface area (Å²) in [6.45, 7) is 2.39. The Morgan fingerprint density at radius 2 is 2.03 bits per heavy atom. The van der Waals surface area contributed by atoms with E-state index in [2.05, 4.69) is 5.32 Å². The molecule has 0 saturated carbocycles. The van der Waals surface area contributed by atoms with Crippen LogP contribution >= 0.6 is 11.6 Å². The fourth-order valence-electron chi connectivity index (χ4n) is 2.94. The summed E-state index contributed by atoms with van der Waals surface area (Å²) < 4.78 is 27.1. The number of carbonyl (C=O) groups excluding carboxylic acids is 2. The van der Waals surface area contributed by atoms with Gasteiger partial charge in [-0.15, -0.1) is 0 Å². The van der Waals surface area contributed by atoms with Crippen LogP contribution in [0, 0.1) is 0 Å². The largest absolute Gasteiger partial charge is 0.491 e. The summed E-state index contributed by atoms with van der Waals surface area (Å²) in [5.41, 5.74) is 0.621. The van der Waals surface area contributed by atoms with E-state index < -0.39 is 18.5 Å². The molecule has 1 N–H and O–H groups in total. The van der Waals surface area contributed by atoms with E-state index in [1.807, 2.05) is 25.1 Å². The predicted octanol–water partition coefficient (Wildman–Crippen LogP) is 3.26. The number of hydrogen-bond acceptors (Lipinski definition) is 7. The number of halogens is 1. The second-order valence-electron chi connectivity index (χ2n) is 6.71. The molecule has 0 spiro atoms. The number of para-hydroxylation sites is 2. The summed E-state index contributed by atoms with van der Waals surface area (Å²) in [5.74, 6) is 1.06. The van der Waals surface area contributed by atoms with Crippen LogP contribution in [0.15, 0.2) is 42.5 Å². The first kappa shape index (κ1) is 23.3. The van der Waals surface area contributed by atoms with Crippen LogP contribution in [0.2, 0.25) is 5.02 Å². The Labute approximate surface area is 191 Å². The lowest BCUT2D eigenvalue weighted by molar-refractivity contribution is -0.143. The van der Waals surface area contributed by atoms with Crippen LogP contribution in [0.25, 0.3) is 6.08 Å². The van der Waals surface area contributed by atoms with Crippen molar-refractivity contribution < 1.29 is 33.3 Å². The van der Waals surface area contributed by atoms with E-state index in [4.69, 9.17) is 35.3 Å². The van der Waals surface area contributed by atoms with Gasteiger partial charge in [-0.2, -0.15) is 0 Å². The Kier molecular flexibility index (Phi) is 8.21. The summed E-state index contributed by atoms with van der Waals surface area (Å²) in [4.78, 5) is 23.9. The normalized spacial score (nSPS) is 14.7. The first-order chi connectivity index (χ1) is 15.5. The lowest BCUT2D eigenvalue weighted by Crippen LogP contribution is -2.42.